The minimum atomic E-state index is 0.917. The van der Waals surface area contributed by atoms with Crippen molar-refractivity contribution in [3.63, 3.8) is 0 Å². The zero-order valence-electron chi connectivity index (χ0n) is 9.12. The molecule has 2 heterocycles. The Kier molecular flexibility index (Phi) is 5.16. The summed E-state index contributed by atoms with van der Waals surface area (Å²) >= 11 is 8.75. The van der Waals surface area contributed by atoms with Gasteiger partial charge < -0.3 is 5.32 Å². The Labute approximate surface area is 122 Å². The minimum absolute atomic E-state index is 0.917. The fourth-order valence-electron chi connectivity index (χ4n) is 1.47. The first kappa shape index (κ1) is 13.2. The normalized spacial score (nSPS) is 10.7. The first-order valence-corrected chi connectivity index (χ1v) is 7.69. The Morgan fingerprint density at radius 2 is 2.00 bits per heavy atom. The second-order valence-corrected chi connectivity index (χ2v) is 6.93. The van der Waals surface area contributed by atoms with Gasteiger partial charge in [0.15, 0.2) is 0 Å². The maximum Gasteiger partial charge on any atom is 0.0843 e. The van der Waals surface area contributed by atoms with Crippen molar-refractivity contribution in [3.8, 4) is 0 Å². The third-order valence-electron chi connectivity index (χ3n) is 2.34. The highest BCUT2D eigenvalue weighted by molar-refractivity contribution is 9.13. The van der Waals surface area contributed by atoms with Gasteiger partial charge in [0, 0.05) is 28.3 Å². The Bertz CT molecular complexity index is 451. The van der Waals surface area contributed by atoms with Gasteiger partial charge >= 0.3 is 0 Å². The maximum atomic E-state index is 4.00. The molecule has 0 aliphatic heterocycles. The van der Waals surface area contributed by atoms with Crippen LogP contribution in [0.15, 0.2) is 38.9 Å². The van der Waals surface area contributed by atoms with Crippen LogP contribution in [-0.4, -0.2) is 11.5 Å². The molecule has 0 unspecified atom stereocenters. The van der Waals surface area contributed by atoms with Crippen molar-refractivity contribution in [2.45, 2.75) is 13.0 Å². The number of hydrogen-bond donors (Lipinski definition) is 1. The summed E-state index contributed by atoms with van der Waals surface area (Å²) in [7, 11) is 0. The predicted molar refractivity (Wildman–Crippen MR) is 79.4 cm³/mol. The first-order valence-electron chi connectivity index (χ1n) is 5.29. The lowest BCUT2D eigenvalue weighted by Crippen LogP contribution is -2.15. The number of halogens is 2. The third-order valence-corrected chi connectivity index (χ3v) is 5.59. The number of rotatable bonds is 5. The molecule has 5 heteroatoms. The highest BCUT2D eigenvalue weighted by Gasteiger charge is 2.03. The van der Waals surface area contributed by atoms with Gasteiger partial charge in [-0.05, 0) is 68.6 Å². The second-order valence-electron chi connectivity index (χ2n) is 3.62. The van der Waals surface area contributed by atoms with Crippen molar-refractivity contribution < 1.29 is 0 Å². The van der Waals surface area contributed by atoms with Gasteiger partial charge in [-0.2, -0.15) is 0 Å². The van der Waals surface area contributed by atoms with Crippen LogP contribution in [0.2, 0.25) is 0 Å². The molecule has 2 nitrogen and oxygen atoms in total. The van der Waals surface area contributed by atoms with E-state index in [1.165, 1.54) is 10.4 Å². The summed E-state index contributed by atoms with van der Waals surface area (Å²) in [6.07, 6.45) is 4.71. The van der Waals surface area contributed by atoms with Gasteiger partial charge in [0.1, 0.15) is 0 Å². The van der Waals surface area contributed by atoms with Crippen LogP contribution in [0.4, 0.5) is 0 Å². The summed E-state index contributed by atoms with van der Waals surface area (Å²) in [5, 5.41) is 3.44. The molecule has 0 aromatic carbocycles. The minimum Gasteiger partial charge on any atom is -0.312 e. The van der Waals surface area contributed by atoms with Gasteiger partial charge in [-0.25, -0.2) is 0 Å². The van der Waals surface area contributed by atoms with Crippen LogP contribution in [0.3, 0.4) is 0 Å². The van der Waals surface area contributed by atoms with Gasteiger partial charge in [-0.1, -0.05) is 0 Å². The molecular formula is C12H12Br2N2S. The van der Waals surface area contributed by atoms with Gasteiger partial charge in [-0.3, -0.25) is 4.98 Å². The summed E-state index contributed by atoms with van der Waals surface area (Å²) in [5.41, 5.74) is 1.32. The molecule has 90 valence electrons. The van der Waals surface area contributed by atoms with Crippen LogP contribution in [0.1, 0.15) is 10.4 Å². The van der Waals surface area contributed by atoms with Crippen molar-refractivity contribution in [2.24, 2.45) is 0 Å². The van der Waals surface area contributed by atoms with Crippen LogP contribution in [-0.2, 0) is 13.0 Å². The van der Waals surface area contributed by atoms with E-state index in [1.54, 1.807) is 11.3 Å². The number of nitrogens with one attached hydrogen (secondary N) is 1. The molecule has 0 amide bonds. The van der Waals surface area contributed by atoms with Gasteiger partial charge in [0.2, 0.25) is 0 Å². The number of hydrogen-bond acceptors (Lipinski definition) is 3. The summed E-state index contributed by atoms with van der Waals surface area (Å²) < 4.78 is 2.29. The molecule has 0 aliphatic rings. The van der Waals surface area contributed by atoms with E-state index in [-0.39, 0.29) is 0 Å². The topological polar surface area (TPSA) is 24.9 Å². The van der Waals surface area contributed by atoms with Crippen LogP contribution >= 0.6 is 43.2 Å². The quantitative estimate of drug-likeness (QED) is 0.799. The molecule has 2 rings (SSSR count). The van der Waals surface area contributed by atoms with Crippen molar-refractivity contribution in [1.82, 2.24) is 10.3 Å². The Hall–Kier alpha value is -0.230. The van der Waals surface area contributed by atoms with E-state index in [9.17, 15) is 0 Å². The smallest absolute Gasteiger partial charge is 0.0843 e. The molecule has 0 bridgehead atoms. The van der Waals surface area contributed by atoms with Crippen molar-refractivity contribution in [1.29, 1.82) is 0 Å². The summed E-state index contributed by atoms with van der Waals surface area (Å²) in [6, 6.07) is 6.26. The molecule has 17 heavy (non-hydrogen) atoms. The van der Waals surface area contributed by atoms with E-state index in [0.29, 0.717) is 0 Å². The van der Waals surface area contributed by atoms with Gasteiger partial charge in [0.25, 0.3) is 0 Å². The SMILES string of the molecule is Brc1cc(CNCCc2ccncc2)sc1Br. The number of nitrogens with zero attached hydrogens (tertiary/aromatic N) is 1. The summed E-state index contributed by atoms with van der Waals surface area (Å²) in [6.45, 7) is 1.90. The maximum absolute atomic E-state index is 4.00. The fourth-order valence-corrected chi connectivity index (χ4v) is 3.62. The van der Waals surface area contributed by atoms with Crippen molar-refractivity contribution >= 4 is 43.2 Å². The molecule has 0 aliphatic carbocycles. The summed E-state index contributed by atoms with van der Waals surface area (Å²) in [4.78, 5) is 5.34. The Morgan fingerprint density at radius 3 is 2.65 bits per heavy atom. The third kappa shape index (κ3) is 4.17. The van der Waals surface area contributed by atoms with Crippen molar-refractivity contribution in [2.75, 3.05) is 6.54 Å². The highest BCUT2D eigenvalue weighted by Crippen LogP contribution is 2.32. The Balaban J connectivity index is 1.73. The molecule has 1 N–H and O–H groups in total. The van der Waals surface area contributed by atoms with Crippen LogP contribution < -0.4 is 5.32 Å². The zero-order chi connectivity index (χ0) is 12.1. The number of pyridine rings is 1. The van der Waals surface area contributed by atoms with Crippen LogP contribution in [0.25, 0.3) is 0 Å². The monoisotopic (exact) mass is 374 g/mol. The highest BCUT2D eigenvalue weighted by atomic mass is 79.9. The lowest BCUT2D eigenvalue weighted by Gasteiger charge is -2.02. The Morgan fingerprint density at radius 1 is 1.24 bits per heavy atom. The molecule has 0 fully saturated rings. The first-order chi connectivity index (χ1) is 8.25. The van der Waals surface area contributed by atoms with Crippen LogP contribution in [0, 0.1) is 0 Å². The van der Waals surface area contributed by atoms with E-state index >= 15 is 0 Å². The molecule has 0 spiro atoms. The molecule has 0 radical (unpaired) electrons. The van der Waals surface area contributed by atoms with E-state index in [0.717, 1.165) is 27.8 Å². The largest absolute Gasteiger partial charge is 0.312 e. The number of aromatic nitrogens is 1. The lowest BCUT2D eigenvalue weighted by atomic mass is 10.2. The lowest BCUT2D eigenvalue weighted by molar-refractivity contribution is 0.693. The standard InChI is InChI=1S/C12H12Br2N2S/c13-11-7-10(17-12(11)14)8-16-6-3-9-1-4-15-5-2-9/h1-2,4-5,7,16H,3,6,8H2. The fraction of sp³-hybridized carbons (Fsp3) is 0.250. The average Bonchev–Trinajstić information content (AvgIpc) is 2.66. The van der Waals surface area contributed by atoms with Crippen molar-refractivity contribution in [3.05, 3.63) is 49.3 Å². The number of thiophene rings is 1. The molecule has 0 atom stereocenters. The van der Waals surface area contributed by atoms with E-state index < -0.39 is 0 Å². The molecule has 0 saturated heterocycles. The average molecular weight is 376 g/mol. The molecule has 2 aromatic rings. The van der Waals surface area contributed by atoms with E-state index in [2.05, 4.69) is 60.4 Å². The predicted octanol–water partition coefficient (Wildman–Crippen LogP) is 4.00. The van der Waals surface area contributed by atoms with Gasteiger partial charge in [-0.15, -0.1) is 11.3 Å². The summed E-state index contributed by atoms with van der Waals surface area (Å²) in [5.74, 6) is 0. The van der Waals surface area contributed by atoms with E-state index in [1.807, 2.05) is 12.4 Å². The second kappa shape index (κ2) is 6.64. The van der Waals surface area contributed by atoms with Crippen LogP contribution in [0.5, 0.6) is 0 Å². The molecule has 2 aromatic heterocycles. The zero-order valence-corrected chi connectivity index (χ0v) is 13.1. The molecular weight excluding hydrogens is 364 g/mol. The van der Waals surface area contributed by atoms with E-state index in [4.69, 9.17) is 0 Å². The molecule has 0 saturated carbocycles. The van der Waals surface area contributed by atoms with Gasteiger partial charge in [0.05, 0.1) is 3.79 Å².